The molecular weight excluding hydrogens is 797 g/mol. The number of aromatic nitrogens is 4. The van der Waals surface area contributed by atoms with E-state index in [1.807, 2.05) is 0 Å². The van der Waals surface area contributed by atoms with E-state index in [1.54, 1.807) is 24.3 Å². The number of phenols is 2. The van der Waals surface area contributed by atoms with Gasteiger partial charge in [0.15, 0.2) is 23.3 Å². The van der Waals surface area contributed by atoms with Crippen LogP contribution in [-0.4, -0.2) is 121 Å². The Kier molecular flexibility index (Phi) is 11.0. The van der Waals surface area contributed by atoms with Gasteiger partial charge in [0, 0.05) is 47.5 Å². The standard InChI is InChI=1S/C37H38N7O14P/c38-32-29-33(41-17-40-32)44(18-42-29)35-31(48)30(47)28(57-35)16-55-59(51,52)43-8-10-54-12-11-53-9-7-39-34(49)19-1-4-23-22(13-19)36(50)58-37(23)24-5-2-20(45)14-26(24)56-27-15-21(46)3-6-25(27)37/h1-6,13-15,17-18,28,30-31,35,45-48H,7-12,16H2,(H,39,49)(H2,38,40,41)(H2,43,51,52)/t28-,30-,31-,35-/m1/s1. The van der Waals surface area contributed by atoms with Crippen LogP contribution < -0.4 is 20.9 Å². The molecule has 0 saturated carbocycles. The molecule has 2 aromatic heterocycles. The van der Waals surface area contributed by atoms with Crippen molar-refractivity contribution >= 4 is 36.6 Å². The number of nitrogens with one attached hydrogen (secondary N) is 2. The predicted octanol–water partition coefficient (Wildman–Crippen LogP) is 1.18. The van der Waals surface area contributed by atoms with Crippen molar-refractivity contribution in [2.45, 2.75) is 30.1 Å². The molecule has 1 saturated heterocycles. The summed E-state index contributed by atoms with van der Waals surface area (Å²) in [7, 11) is -4.35. The number of amides is 1. The van der Waals surface area contributed by atoms with E-state index in [4.69, 9.17) is 33.9 Å². The van der Waals surface area contributed by atoms with E-state index >= 15 is 0 Å². The average Bonchev–Trinajstić information content (AvgIpc) is 3.86. The number of nitrogens with zero attached hydrogens (tertiary/aromatic N) is 4. The maximum absolute atomic E-state index is 13.3. The summed E-state index contributed by atoms with van der Waals surface area (Å²) in [6, 6.07) is 13.5. The van der Waals surface area contributed by atoms with Gasteiger partial charge in [0.05, 0.1) is 44.9 Å². The number of hydrogen-bond acceptors (Lipinski definition) is 17. The molecule has 1 fully saturated rings. The van der Waals surface area contributed by atoms with Crippen LogP contribution in [-0.2, 0) is 33.6 Å². The number of carbonyl (C=O) groups is 2. The monoisotopic (exact) mass is 835 g/mol. The first-order chi connectivity index (χ1) is 28.4. The third-order valence-corrected chi connectivity index (χ3v) is 11.0. The molecule has 0 radical (unpaired) electrons. The Balaban J connectivity index is 0.750. The molecule has 0 bridgehead atoms. The molecule has 0 aliphatic carbocycles. The molecule has 1 amide bonds. The van der Waals surface area contributed by atoms with Crippen molar-refractivity contribution in [3.63, 3.8) is 0 Å². The zero-order valence-corrected chi connectivity index (χ0v) is 31.7. The average molecular weight is 836 g/mol. The van der Waals surface area contributed by atoms with E-state index in [0.29, 0.717) is 16.7 Å². The predicted molar refractivity (Wildman–Crippen MR) is 201 cm³/mol. The Labute approximate surface area is 333 Å². The van der Waals surface area contributed by atoms with Gasteiger partial charge in [-0.15, -0.1) is 0 Å². The second-order valence-corrected chi connectivity index (χ2v) is 15.2. The number of fused-ring (bicyclic) bond motifs is 7. The van der Waals surface area contributed by atoms with Crippen LogP contribution in [0.3, 0.4) is 0 Å². The number of carbonyl (C=O) groups excluding carboxylic acids is 2. The number of phenolic OH excluding ortho intramolecular Hbond substituents is 2. The number of hydrogen-bond donors (Lipinski definition) is 8. The number of nitrogen functional groups attached to an aromatic ring is 1. The molecule has 1 unspecified atom stereocenters. The number of imidazole rings is 1. The summed E-state index contributed by atoms with van der Waals surface area (Å²) in [6.07, 6.45) is -2.62. The summed E-state index contributed by atoms with van der Waals surface area (Å²) in [5.74, 6) is -0.654. The molecule has 5 atom stereocenters. The first-order valence-corrected chi connectivity index (χ1v) is 19.8. The van der Waals surface area contributed by atoms with Gasteiger partial charge in [-0.05, 0) is 36.4 Å². The lowest BCUT2D eigenvalue weighted by Gasteiger charge is -2.36. The molecule has 3 aromatic carbocycles. The SMILES string of the molecule is Nc1ncnc2c1ncn2[C@@H]1O[C@H](COP(=O)(O)NCCOCCOCCNC(=O)c2ccc3c(c2)C(=O)OC32c3ccc(O)cc3Oc3cc(O)ccc32)[C@@H](O)[C@H]1O. The van der Waals surface area contributed by atoms with Gasteiger partial charge in [0.2, 0.25) is 0 Å². The number of rotatable bonds is 15. The summed E-state index contributed by atoms with van der Waals surface area (Å²) < 4.78 is 47.6. The molecule has 3 aliphatic heterocycles. The lowest BCUT2D eigenvalue weighted by atomic mass is 9.77. The van der Waals surface area contributed by atoms with Crippen LogP contribution in [0.4, 0.5) is 5.82 Å². The Hall–Kier alpha value is -5.74. The van der Waals surface area contributed by atoms with Crippen molar-refractivity contribution in [2.75, 3.05) is 51.9 Å². The van der Waals surface area contributed by atoms with Crippen molar-refractivity contribution < 1.29 is 67.7 Å². The maximum atomic E-state index is 13.3. The highest BCUT2D eigenvalue weighted by atomic mass is 31.2. The summed E-state index contributed by atoms with van der Waals surface area (Å²) in [6.45, 7) is 0.000172. The van der Waals surface area contributed by atoms with Crippen molar-refractivity contribution in [3.05, 3.63) is 95.1 Å². The fourth-order valence-corrected chi connectivity index (χ4v) is 7.95. The smallest absolute Gasteiger partial charge is 0.403 e. The Morgan fingerprint density at radius 1 is 0.898 bits per heavy atom. The number of benzene rings is 3. The molecule has 21 nitrogen and oxygen atoms in total. The molecule has 310 valence electrons. The van der Waals surface area contributed by atoms with Gasteiger partial charge in [-0.25, -0.2) is 29.4 Å². The first kappa shape index (κ1) is 40.1. The van der Waals surface area contributed by atoms with E-state index in [2.05, 4.69) is 25.4 Å². The lowest BCUT2D eigenvalue weighted by molar-refractivity contribution is -0.0488. The Bertz CT molecular complexity index is 2420. The van der Waals surface area contributed by atoms with Crippen LogP contribution >= 0.6 is 7.75 Å². The molecule has 9 N–H and O–H groups in total. The van der Waals surface area contributed by atoms with Gasteiger partial charge in [0.25, 0.3) is 5.91 Å². The van der Waals surface area contributed by atoms with Crippen LogP contribution in [0, 0.1) is 0 Å². The number of anilines is 1. The summed E-state index contributed by atoms with van der Waals surface area (Å²) in [5, 5.41) is 46.4. The summed E-state index contributed by atoms with van der Waals surface area (Å²) in [4.78, 5) is 48.6. The number of ether oxygens (including phenoxy) is 5. The number of nitrogens with two attached hydrogens (primary N) is 1. The molecule has 5 heterocycles. The van der Waals surface area contributed by atoms with Gasteiger partial charge in [-0.1, -0.05) is 6.07 Å². The third-order valence-electron chi connectivity index (χ3n) is 9.91. The normalized spacial score (nSPS) is 21.0. The van der Waals surface area contributed by atoms with Gasteiger partial charge < -0.3 is 60.1 Å². The lowest BCUT2D eigenvalue weighted by Crippen LogP contribution is -2.34. The van der Waals surface area contributed by atoms with Gasteiger partial charge in [-0.3, -0.25) is 13.9 Å². The van der Waals surface area contributed by atoms with E-state index in [1.165, 1.54) is 47.6 Å². The van der Waals surface area contributed by atoms with E-state index < -0.39 is 56.4 Å². The molecule has 22 heteroatoms. The number of aliphatic hydroxyl groups excluding tert-OH is 2. The minimum absolute atomic E-state index is 0.0211. The summed E-state index contributed by atoms with van der Waals surface area (Å²) >= 11 is 0. The van der Waals surface area contributed by atoms with E-state index in [-0.39, 0.29) is 90.6 Å². The quantitative estimate of drug-likeness (QED) is 0.0417. The van der Waals surface area contributed by atoms with E-state index in [9.17, 15) is 39.5 Å². The minimum atomic E-state index is -4.35. The molecule has 59 heavy (non-hydrogen) atoms. The van der Waals surface area contributed by atoms with Crippen LogP contribution in [0.15, 0.2) is 67.3 Å². The fraction of sp³-hybridized carbons (Fsp3) is 0.324. The highest BCUT2D eigenvalue weighted by Crippen LogP contribution is 2.57. The van der Waals surface area contributed by atoms with Crippen LogP contribution in [0.5, 0.6) is 23.0 Å². The Morgan fingerprint density at radius 3 is 2.29 bits per heavy atom. The molecular formula is C37H38N7O14P. The van der Waals surface area contributed by atoms with Crippen LogP contribution in [0.25, 0.3) is 11.2 Å². The van der Waals surface area contributed by atoms with Crippen molar-refractivity contribution in [3.8, 4) is 23.0 Å². The second kappa shape index (κ2) is 16.1. The van der Waals surface area contributed by atoms with E-state index in [0.717, 1.165) is 0 Å². The third kappa shape index (κ3) is 7.66. The molecule has 5 aromatic rings. The van der Waals surface area contributed by atoms with Crippen LogP contribution in [0.1, 0.15) is 43.6 Å². The van der Waals surface area contributed by atoms with Gasteiger partial charge >= 0.3 is 13.7 Å². The largest absolute Gasteiger partial charge is 0.508 e. The highest BCUT2D eigenvalue weighted by molar-refractivity contribution is 7.50. The van der Waals surface area contributed by atoms with Crippen LogP contribution in [0.2, 0.25) is 0 Å². The zero-order chi connectivity index (χ0) is 41.5. The van der Waals surface area contributed by atoms with Gasteiger partial charge in [0.1, 0.15) is 53.2 Å². The Morgan fingerprint density at radius 2 is 1.58 bits per heavy atom. The first-order valence-electron chi connectivity index (χ1n) is 18.2. The highest BCUT2D eigenvalue weighted by Gasteiger charge is 2.54. The zero-order valence-electron chi connectivity index (χ0n) is 30.8. The number of aromatic hydroxyl groups is 2. The minimum Gasteiger partial charge on any atom is -0.508 e. The fourth-order valence-electron chi connectivity index (χ4n) is 7.14. The molecule has 3 aliphatic rings. The second-order valence-electron chi connectivity index (χ2n) is 13.6. The van der Waals surface area contributed by atoms with Crippen molar-refractivity contribution in [1.82, 2.24) is 29.9 Å². The van der Waals surface area contributed by atoms with Gasteiger partial charge in [-0.2, -0.15) is 0 Å². The summed E-state index contributed by atoms with van der Waals surface area (Å²) in [5.41, 5.74) is 6.68. The number of aliphatic hydroxyl groups is 2. The molecule has 8 rings (SSSR count). The number of esters is 1. The van der Waals surface area contributed by atoms with Crippen molar-refractivity contribution in [2.24, 2.45) is 0 Å². The van der Waals surface area contributed by atoms with Crippen molar-refractivity contribution in [1.29, 1.82) is 0 Å². The molecule has 1 spiro atoms. The maximum Gasteiger partial charge on any atom is 0.403 e. The topological polar surface area (TPSA) is 301 Å².